The largest absolute Gasteiger partial charge is 0.496 e. The van der Waals surface area contributed by atoms with Crippen LogP contribution in [0.3, 0.4) is 0 Å². The molecule has 140 valence electrons. The first-order chi connectivity index (χ1) is 13.2. The van der Waals surface area contributed by atoms with Gasteiger partial charge in [-0.3, -0.25) is 0 Å². The Morgan fingerprint density at radius 2 is 1.93 bits per heavy atom. The topological polar surface area (TPSA) is 54.7 Å². The van der Waals surface area contributed by atoms with E-state index in [9.17, 15) is 4.79 Å². The highest BCUT2D eigenvalue weighted by Gasteiger charge is 2.14. The van der Waals surface area contributed by atoms with Crippen molar-refractivity contribution in [1.82, 2.24) is 5.32 Å². The molecule has 1 N–H and O–H groups in total. The predicted octanol–water partition coefficient (Wildman–Crippen LogP) is 3.44. The van der Waals surface area contributed by atoms with Crippen LogP contribution in [0.2, 0.25) is 0 Å². The molecule has 1 aliphatic heterocycles. The summed E-state index contributed by atoms with van der Waals surface area (Å²) in [6.45, 7) is 5.93. The van der Waals surface area contributed by atoms with Crippen LogP contribution in [0.15, 0.2) is 51.7 Å². The van der Waals surface area contributed by atoms with Crippen molar-refractivity contribution in [3.05, 3.63) is 58.4 Å². The van der Waals surface area contributed by atoms with Gasteiger partial charge < -0.3 is 19.4 Å². The fourth-order valence-corrected chi connectivity index (χ4v) is 3.64. The van der Waals surface area contributed by atoms with E-state index in [1.54, 1.807) is 7.11 Å². The molecule has 27 heavy (non-hydrogen) atoms. The third-order valence-electron chi connectivity index (χ3n) is 5.17. The van der Waals surface area contributed by atoms with E-state index < -0.39 is 0 Å². The number of anilines is 1. The Bertz CT molecular complexity index is 1020. The summed E-state index contributed by atoms with van der Waals surface area (Å²) in [5.41, 5.74) is 3.92. The molecule has 5 heteroatoms. The average Bonchev–Trinajstić information content (AvgIpc) is 2.73. The zero-order chi connectivity index (χ0) is 18.8. The Kier molecular flexibility index (Phi) is 4.86. The summed E-state index contributed by atoms with van der Waals surface area (Å²) in [6.07, 6.45) is 0.837. The molecule has 2 aromatic carbocycles. The maximum atomic E-state index is 12.7. The van der Waals surface area contributed by atoms with Gasteiger partial charge in [0.1, 0.15) is 11.3 Å². The maximum absolute atomic E-state index is 12.7. The Morgan fingerprint density at radius 3 is 2.67 bits per heavy atom. The molecule has 4 rings (SSSR count). The second-order valence-electron chi connectivity index (χ2n) is 6.79. The fraction of sp³-hybridized carbons (Fsp3) is 0.318. The van der Waals surface area contributed by atoms with Crippen LogP contribution in [0.25, 0.3) is 22.1 Å². The smallest absolute Gasteiger partial charge is 0.344 e. The number of rotatable bonds is 4. The maximum Gasteiger partial charge on any atom is 0.344 e. The van der Waals surface area contributed by atoms with E-state index in [1.807, 2.05) is 36.4 Å². The van der Waals surface area contributed by atoms with Crippen molar-refractivity contribution in [2.24, 2.45) is 0 Å². The van der Waals surface area contributed by atoms with Crippen molar-refractivity contribution in [2.75, 3.05) is 38.2 Å². The highest BCUT2D eigenvalue weighted by Crippen LogP contribution is 2.28. The Balaban J connectivity index is 1.75. The van der Waals surface area contributed by atoms with Crippen molar-refractivity contribution >= 4 is 16.7 Å². The van der Waals surface area contributed by atoms with Crippen LogP contribution < -0.4 is 20.6 Å². The van der Waals surface area contributed by atoms with Crippen molar-refractivity contribution in [3.8, 4) is 16.9 Å². The molecular formula is C22H24N2O3. The molecule has 2 heterocycles. The summed E-state index contributed by atoms with van der Waals surface area (Å²) in [5.74, 6) is 0.840. The molecule has 0 atom stereocenters. The number of nitrogens with zero attached hydrogens (tertiary/aromatic N) is 1. The van der Waals surface area contributed by atoms with E-state index in [2.05, 4.69) is 23.2 Å². The minimum Gasteiger partial charge on any atom is -0.496 e. The van der Waals surface area contributed by atoms with Crippen molar-refractivity contribution in [3.63, 3.8) is 0 Å². The van der Waals surface area contributed by atoms with Gasteiger partial charge >= 0.3 is 5.63 Å². The third-order valence-corrected chi connectivity index (χ3v) is 5.17. The fourth-order valence-electron chi connectivity index (χ4n) is 3.64. The molecule has 1 aliphatic rings. The quantitative estimate of drug-likeness (QED) is 0.719. The first-order valence-corrected chi connectivity index (χ1v) is 9.40. The number of piperazine rings is 1. The first kappa shape index (κ1) is 17.6. The lowest BCUT2D eigenvalue weighted by atomic mass is 10.0. The molecule has 5 nitrogen and oxygen atoms in total. The minimum atomic E-state index is -0.313. The number of benzene rings is 2. The normalized spacial score (nSPS) is 14.5. The lowest BCUT2D eigenvalue weighted by Crippen LogP contribution is -2.43. The second kappa shape index (κ2) is 7.45. The van der Waals surface area contributed by atoms with Crippen LogP contribution in [-0.2, 0) is 6.42 Å². The van der Waals surface area contributed by atoms with Crippen LogP contribution in [0.1, 0.15) is 12.5 Å². The molecule has 0 unspecified atom stereocenters. The van der Waals surface area contributed by atoms with Gasteiger partial charge in [0.2, 0.25) is 0 Å². The van der Waals surface area contributed by atoms with Gasteiger partial charge in [-0.05, 0) is 47.9 Å². The number of methoxy groups -OCH3 is 1. The number of fused-ring (bicyclic) bond motifs is 1. The molecule has 0 amide bonds. The van der Waals surface area contributed by atoms with E-state index in [0.717, 1.165) is 60.5 Å². The Labute approximate surface area is 158 Å². The summed E-state index contributed by atoms with van der Waals surface area (Å²) < 4.78 is 11.1. The molecule has 0 spiro atoms. The zero-order valence-corrected chi connectivity index (χ0v) is 15.7. The third kappa shape index (κ3) is 3.43. The van der Waals surface area contributed by atoms with Crippen molar-refractivity contribution < 1.29 is 9.15 Å². The van der Waals surface area contributed by atoms with Gasteiger partial charge in [0.15, 0.2) is 0 Å². The predicted molar refractivity (Wildman–Crippen MR) is 109 cm³/mol. The molecule has 3 aromatic rings. The van der Waals surface area contributed by atoms with E-state index in [-0.39, 0.29) is 5.63 Å². The molecule has 1 aromatic heterocycles. The minimum absolute atomic E-state index is 0.313. The lowest BCUT2D eigenvalue weighted by molar-refractivity contribution is 0.410. The van der Waals surface area contributed by atoms with Gasteiger partial charge in [-0.2, -0.15) is 0 Å². The number of nitrogens with one attached hydrogen (secondary N) is 1. The first-order valence-electron chi connectivity index (χ1n) is 9.40. The van der Waals surface area contributed by atoms with Gasteiger partial charge in [-0.25, -0.2) is 4.79 Å². The van der Waals surface area contributed by atoms with Gasteiger partial charge in [0.05, 0.1) is 12.7 Å². The molecule has 0 saturated carbocycles. The van der Waals surface area contributed by atoms with Crippen molar-refractivity contribution in [1.29, 1.82) is 0 Å². The number of ether oxygens (including phenoxy) is 1. The molecule has 1 saturated heterocycles. The van der Waals surface area contributed by atoms with Crippen molar-refractivity contribution in [2.45, 2.75) is 13.3 Å². The summed E-state index contributed by atoms with van der Waals surface area (Å²) in [6, 6.07) is 13.8. The van der Waals surface area contributed by atoms with E-state index in [1.165, 1.54) is 0 Å². The number of hydrogen-bond donors (Lipinski definition) is 1. The highest BCUT2D eigenvalue weighted by molar-refractivity contribution is 5.84. The van der Waals surface area contributed by atoms with Gasteiger partial charge in [-0.1, -0.05) is 13.0 Å². The standard InChI is InChI=1S/C22H24N2O3/c1-3-15-12-16(5-7-20(15)26-2)19-13-17-4-6-18(14-21(17)27-22(19)25)24-10-8-23-9-11-24/h4-7,12-14,23H,3,8-11H2,1-2H3. The van der Waals surface area contributed by atoms with Gasteiger partial charge in [-0.15, -0.1) is 0 Å². The van der Waals surface area contributed by atoms with E-state index in [4.69, 9.17) is 9.15 Å². The van der Waals surface area contributed by atoms with Crippen LogP contribution in [0, 0.1) is 0 Å². The molecule has 1 fully saturated rings. The summed E-state index contributed by atoms with van der Waals surface area (Å²) in [7, 11) is 1.66. The number of aryl methyl sites for hydroxylation is 1. The molecule has 0 aliphatic carbocycles. The summed E-state index contributed by atoms with van der Waals surface area (Å²) in [5, 5.41) is 4.28. The lowest BCUT2D eigenvalue weighted by Gasteiger charge is -2.29. The van der Waals surface area contributed by atoms with Crippen LogP contribution >= 0.6 is 0 Å². The van der Waals surface area contributed by atoms with Gasteiger partial charge in [0.25, 0.3) is 0 Å². The van der Waals surface area contributed by atoms with E-state index >= 15 is 0 Å². The molecular weight excluding hydrogens is 340 g/mol. The SMILES string of the molecule is CCc1cc(-c2cc3ccc(N4CCNCC4)cc3oc2=O)ccc1OC. The Morgan fingerprint density at radius 1 is 1.11 bits per heavy atom. The summed E-state index contributed by atoms with van der Waals surface area (Å²) >= 11 is 0. The average molecular weight is 364 g/mol. The molecule has 0 radical (unpaired) electrons. The monoisotopic (exact) mass is 364 g/mol. The second-order valence-corrected chi connectivity index (χ2v) is 6.79. The van der Waals surface area contributed by atoms with E-state index in [0.29, 0.717) is 11.1 Å². The van der Waals surface area contributed by atoms with Gasteiger partial charge in [0, 0.05) is 43.3 Å². The Hall–Kier alpha value is -2.79. The number of hydrogen-bond acceptors (Lipinski definition) is 5. The van der Waals surface area contributed by atoms with Crippen LogP contribution in [0.5, 0.6) is 5.75 Å². The highest BCUT2D eigenvalue weighted by atomic mass is 16.5. The van der Waals surface area contributed by atoms with Crippen LogP contribution in [0.4, 0.5) is 5.69 Å². The molecule has 0 bridgehead atoms. The summed E-state index contributed by atoms with van der Waals surface area (Å²) in [4.78, 5) is 15.0. The van der Waals surface area contributed by atoms with Crippen LogP contribution in [-0.4, -0.2) is 33.3 Å². The zero-order valence-electron chi connectivity index (χ0n) is 15.7.